The van der Waals surface area contributed by atoms with Crippen LogP contribution in [0.1, 0.15) is 27.2 Å². The van der Waals surface area contributed by atoms with Crippen LogP contribution in [0.25, 0.3) is 0 Å². The summed E-state index contributed by atoms with van der Waals surface area (Å²) in [6.07, 6.45) is -11.9. The van der Waals surface area contributed by atoms with Gasteiger partial charge in [-0.3, -0.25) is 0 Å². The van der Waals surface area contributed by atoms with Gasteiger partial charge in [-0.25, -0.2) is 4.79 Å². The molecule has 0 heterocycles. The molecule has 0 bridgehead atoms. The number of ether oxygens (including phenoxy) is 2. The van der Waals surface area contributed by atoms with Crippen molar-refractivity contribution in [2.24, 2.45) is 0 Å². The Balaban J connectivity index is 4.97. The Hall–Kier alpha value is -1.29. The van der Waals surface area contributed by atoms with E-state index >= 15 is 0 Å². The second-order valence-corrected chi connectivity index (χ2v) is 5.03. The monoisotopic (exact) mass is 338 g/mol. The first-order valence-electron chi connectivity index (χ1n) is 5.98. The van der Waals surface area contributed by atoms with Gasteiger partial charge in [-0.1, -0.05) is 13.5 Å². The number of carbonyl (C=O) groups excluding carboxylic acids is 1. The van der Waals surface area contributed by atoms with Crippen LogP contribution in [0.5, 0.6) is 0 Å². The second-order valence-electron chi connectivity index (χ2n) is 5.03. The second kappa shape index (κ2) is 6.45. The van der Waals surface area contributed by atoms with Gasteiger partial charge in [0, 0.05) is 0 Å². The SMILES string of the molecule is C=C(COC(O)(C(F)(F)F)C(F)(F)F)C(=O)OC(C)(C)CC. The lowest BCUT2D eigenvalue weighted by Gasteiger charge is -2.32. The van der Waals surface area contributed by atoms with E-state index in [9.17, 15) is 31.1 Å². The zero-order valence-corrected chi connectivity index (χ0v) is 12.1. The quantitative estimate of drug-likeness (QED) is 0.350. The van der Waals surface area contributed by atoms with Gasteiger partial charge in [-0.2, -0.15) is 26.3 Å². The molecule has 4 nitrogen and oxygen atoms in total. The summed E-state index contributed by atoms with van der Waals surface area (Å²) in [6.45, 7) is 6.11. The molecule has 0 aliphatic rings. The highest BCUT2D eigenvalue weighted by molar-refractivity contribution is 5.88. The van der Waals surface area contributed by atoms with Crippen molar-refractivity contribution >= 4 is 5.97 Å². The van der Waals surface area contributed by atoms with Crippen molar-refractivity contribution in [1.82, 2.24) is 0 Å². The third-order valence-electron chi connectivity index (χ3n) is 2.73. The number of hydrogen-bond acceptors (Lipinski definition) is 4. The Morgan fingerprint density at radius 1 is 1.09 bits per heavy atom. The minimum absolute atomic E-state index is 0.349. The molecule has 0 spiro atoms. The lowest BCUT2D eigenvalue weighted by atomic mass is 10.1. The van der Waals surface area contributed by atoms with Crippen LogP contribution in [0, 0.1) is 0 Å². The van der Waals surface area contributed by atoms with Gasteiger partial charge in [0.05, 0.1) is 12.2 Å². The van der Waals surface area contributed by atoms with Crippen molar-refractivity contribution in [2.75, 3.05) is 6.61 Å². The Bertz CT molecular complexity index is 410. The molecule has 0 fully saturated rings. The maximum atomic E-state index is 12.3. The number of aliphatic hydroxyl groups is 1. The van der Waals surface area contributed by atoms with E-state index in [0.29, 0.717) is 6.42 Å². The summed E-state index contributed by atoms with van der Waals surface area (Å²) in [7, 11) is 0. The Kier molecular flexibility index (Phi) is 6.07. The fourth-order valence-electron chi connectivity index (χ4n) is 0.970. The fourth-order valence-corrected chi connectivity index (χ4v) is 0.970. The molecule has 0 radical (unpaired) electrons. The van der Waals surface area contributed by atoms with Gasteiger partial charge in [-0.05, 0) is 20.3 Å². The summed E-state index contributed by atoms with van der Waals surface area (Å²) >= 11 is 0. The topological polar surface area (TPSA) is 55.8 Å². The molecule has 0 atom stereocenters. The fraction of sp³-hybridized carbons (Fsp3) is 0.750. The van der Waals surface area contributed by atoms with E-state index in [2.05, 4.69) is 11.3 Å². The summed E-state index contributed by atoms with van der Waals surface area (Å²) in [5, 5.41) is 8.73. The molecule has 0 aliphatic carbocycles. The van der Waals surface area contributed by atoms with E-state index in [4.69, 9.17) is 9.84 Å². The number of halogens is 6. The lowest BCUT2D eigenvalue weighted by Crippen LogP contribution is -2.59. The lowest BCUT2D eigenvalue weighted by molar-refractivity contribution is -0.455. The predicted octanol–water partition coefficient (Wildman–Crippen LogP) is 3.10. The summed E-state index contributed by atoms with van der Waals surface area (Å²) < 4.78 is 82.3. The zero-order valence-electron chi connectivity index (χ0n) is 12.1. The van der Waals surface area contributed by atoms with Crippen molar-refractivity contribution in [3.05, 3.63) is 12.2 Å². The molecule has 10 heteroatoms. The molecule has 0 unspecified atom stereocenters. The summed E-state index contributed by atoms with van der Waals surface area (Å²) in [5.41, 5.74) is -1.78. The molecule has 0 rings (SSSR count). The Morgan fingerprint density at radius 2 is 1.50 bits per heavy atom. The first-order valence-corrected chi connectivity index (χ1v) is 5.98. The summed E-state index contributed by atoms with van der Waals surface area (Å²) in [4.78, 5) is 11.5. The summed E-state index contributed by atoms with van der Waals surface area (Å²) in [5.74, 6) is -6.62. The van der Waals surface area contributed by atoms with Crippen LogP contribution in [0.3, 0.4) is 0 Å². The van der Waals surface area contributed by atoms with Crippen molar-refractivity contribution in [3.63, 3.8) is 0 Å². The van der Waals surface area contributed by atoms with Gasteiger partial charge in [0.25, 0.3) is 0 Å². The normalized spacial score (nSPS) is 13.9. The van der Waals surface area contributed by atoms with Gasteiger partial charge < -0.3 is 14.6 Å². The Labute approximate surface area is 122 Å². The number of alkyl halides is 6. The van der Waals surface area contributed by atoms with E-state index in [1.807, 2.05) is 0 Å². The van der Waals surface area contributed by atoms with Crippen LogP contribution in [-0.2, 0) is 14.3 Å². The van der Waals surface area contributed by atoms with Gasteiger partial charge in [0.2, 0.25) is 0 Å². The van der Waals surface area contributed by atoms with Gasteiger partial charge in [0.15, 0.2) is 0 Å². The largest absolute Gasteiger partial charge is 0.456 e. The first-order chi connectivity index (χ1) is 9.57. The van der Waals surface area contributed by atoms with Gasteiger partial charge >= 0.3 is 24.1 Å². The number of esters is 1. The third-order valence-corrected chi connectivity index (χ3v) is 2.73. The maximum Gasteiger partial charge on any atom is 0.453 e. The number of hydrogen-bond donors (Lipinski definition) is 1. The molecule has 0 saturated carbocycles. The molecule has 22 heavy (non-hydrogen) atoms. The standard InChI is InChI=1S/C12H16F6O4/c1-5-9(3,4)22-8(19)7(2)6-21-10(20,11(13,14)15)12(16,17)18/h20H,2,5-6H2,1,3-4H3. The van der Waals surface area contributed by atoms with Crippen molar-refractivity contribution < 1.29 is 45.7 Å². The van der Waals surface area contributed by atoms with Crippen LogP contribution < -0.4 is 0 Å². The van der Waals surface area contributed by atoms with Gasteiger partial charge in [-0.15, -0.1) is 0 Å². The van der Waals surface area contributed by atoms with E-state index in [1.165, 1.54) is 13.8 Å². The van der Waals surface area contributed by atoms with E-state index in [1.54, 1.807) is 6.92 Å². The average Bonchev–Trinajstić information content (AvgIpc) is 2.32. The highest BCUT2D eigenvalue weighted by Gasteiger charge is 2.72. The molecule has 1 N–H and O–H groups in total. The molecule has 0 aliphatic heterocycles. The van der Waals surface area contributed by atoms with E-state index in [-0.39, 0.29) is 0 Å². The molecule has 0 aromatic heterocycles. The zero-order chi connectivity index (χ0) is 18.0. The van der Waals surface area contributed by atoms with Crippen LogP contribution in [0.2, 0.25) is 0 Å². The summed E-state index contributed by atoms with van der Waals surface area (Å²) in [6, 6.07) is 0. The average molecular weight is 338 g/mol. The maximum absolute atomic E-state index is 12.3. The number of rotatable bonds is 6. The van der Waals surface area contributed by atoms with Crippen molar-refractivity contribution in [2.45, 2.75) is 50.9 Å². The van der Waals surface area contributed by atoms with Crippen LogP contribution in [0.15, 0.2) is 12.2 Å². The molecule has 130 valence electrons. The highest BCUT2D eigenvalue weighted by atomic mass is 19.4. The molecule has 0 amide bonds. The van der Waals surface area contributed by atoms with E-state index in [0.717, 1.165) is 0 Å². The highest BCUT2D eigenvalue weighted by Crippen LogP contribution is 2.43. The van der Waals surface area contributed by atoms with Crippen molar-refractivity contribution in [1.29, 1.82) is 0 Å². The molecule has 0 saturated heterocycles. The van der Waals surface area contributed by atoms with Crippen LogP contribution in [-0.4, -0.2) is 41.4 Å². The predicted molar refractivity (Wildman–Crippen MR) is 62.6 cm³/mol. The van der Waals surface area contributed by atoms with E-state index < -0.39 is 41.9 Å². The smallest absolute Gasteiger partial charge is 0.453 e. The van der Waals surface area contributed by atoms with Crippen molar-refractivity contribution in [3.8, 4) is 0 Å². The molecular formula is C12H16F6O4. The molecular weight excluding hydrogens is 322 g/mol. The Morgan fingerprint density at radius 3 is 1.82 bits per heavy atom. The third kappa shape index (κ3) is 4.87. The minimum atomic E-state index is -6.14. The van der Waals surface area contributed by atoms with Crippen LogP contribution >= 0.6 is 0 Å². The molecule has 0 aromatic rings. The van der Waals surface area contributed by atoms with Gasteiger partial charge in [0.1, 0.15) is 5.60 Å². The first kappa shape index (κ1) is 20.7. The minimum Gasteiger partial charge on any atom is -0.456 e. The molecule has 0 aromatic carbocycles. The van der Waals surface area contributed by atoms with Crippen LogP contribution in [0.4, 0.5) is 26.3 Å². The number of carbonyl (C=O) groups is 1.